The first-order valence-corrected chi connectivity index (χ1v) is 14.8. The number of hydrogen-bond donors (Lipinski definition) is 3. The van der Waals surface area contributed by atoms with Gasteiger partial charge in [-0.1, -0.05) is 29.1 Å². The van der Waals surface area contributed by atoms with Gasteiger partial charge in [-0.15, -0.1) is 23.1 Å². The molecular weight excluding hydrogens is 577 g/mol. The lowest BCUT2D eigenvalue weighted by Crippen LogP contribution is -2.71. The molecule has 2 aromatic rings. The van der Waals surface area contributed by atoms with E-state index in [4.69, 9.17) is 4.84 Å². The highest BCUT2D eigenvalue weighted by molar-refractivity contribution is 8.08. The molecule has 4 heterocycles. The lowest BCUT2D eigenvalue weighted by Gasteiger charge is -2.49. The van der Waals surface area contributed by atoms with Crippen molar-refractivity contribution < 1.29 is 29.1 Å². The van der Waals surface area contributed by atoms with Gasteiger partial charge in [-0.05, 0) is 42.0 Å². The standard InChI is InChI=1S/C25H22N6O6S3/c32-13-27-25-28-16(11-40-25)18(30-37-15-5-1-2-6-15)21(33)29-19-22(34)31-20(24(35)36)17(12-39-23(19)31)38-9-7-14-4-3-8-26-10-14/h1,3-5,7-11,13,15,19,23H,2,6,12H2,(H,29,33)(H,35,36)(H,27,28,32)/b9-7-,30-18?/t15?,19?,23-/m1/s1. The molecule has 3 atom stereocenters. The van der Waals surface area contributed by atoms with Gasteiger partial charge in [-0.3, -0.25) is 24.3 Å². The number of thiazole rings is 1. The lowest BCUT2D eigenvalue weighted by molar-refractivity contribution is -0.150. The number of carboxylic acids is 1. The summed E-state index contributed by atoms with van der Waals surface area (Å²) >= 11 is 3.67. The average Bonchev–Trinajstić information content (AvgIpc) is 3.65. The first-order valence-electron chi connectivity index (χ1n) is 12.0. The highest BCUT2D eigenvalue weighted by Crippen LogP contribution is 2.43. The summed E-state index contributed by atoms with van der Waals surface area (Å²) in [6.07, 6.45) is 10.6. The number of fused-ring (bicyclic) bond motifs is 1. The minimum atomic E-state index is -1.22. The number of allylic oxidation sites excluding steroid dienone is 1. The van der Waals surface area contributed by atoms with Gasteiger partial charge in [-0.25, -0.2) is 9.78 Å². The SMILES string of the molecule is O=CNc1nc(C(=NOC2C=CCC2)C(=O)NC2C(=O)N3C(C(=O)O)=C(S/C=C\c4cccnc4)CS[C@H]23)cs1. The number of rotatable bonds is 11. The predicted molar refractivity (Wildman–Crippen MR) is 152 cm³/mol. The Hall–Kier alpha value is -3.95. The molecule has 3 aliphatic rings. The fraction of sp³-hybridized carbons (Fsp3) is 0.240. The summed E-state index contributed by atoms with van der Waals surface area (Å²) in [5.41, 5.74) is 0.762. The predicted octanol–water partition coefficient (Wildman–Crippen LogP) is 2.65. The van der Waals surface area contributed by atoms with E-state index in [9.17, 15) is 24.3 Å². The summed E-state index contributed by atoms with van der Waals surface area (Å²) in [4.78, 5) is 64.8. The monoisotopic (exact) mass is 598 g/mol. The van der Waals surface area contributed by atoms with Gasteiger partial charge in [0, 0.05) is 28.4 Å². The van der Waals surface area contributed by atoms with Crippen LogP contribution in [0.25, 0.3) is 6.08 Å². The molecule has 12 nitrogen and oxygen atoms in total. The van der Waals surface area contributed by atoms with Gasteiger partial charge in [-0.2, -0.15) is 0 Å². The smallest absolute Gasteiger partial charge is 0.353 e. The fourth-order valence-corrected chi connectivity index (χ4v) is 7.09. The van der Waals surface area contributed by atoms with Crippen molar-refractivity contribution in [3.8, 4) is 0 Å². The van der Waals surface area contributed by atoms with E-state index < -0.39 is 29.2 Å². The summed E-state index contributed by atoms with van der Waals surface area (Å²) in [5.74, 6) is -2.13. The second-order valence-electron chi connectivity index (χ2n) is 8.53. The first kappa shape index (κ1) is 27.6. The van der Waals surface area contributed by atoms with Crippen LogP contribution in [0.2, 0.25) is 0 Å². The minimum Gasteiger partial charge on any atom is -0.477 e. The maximum Gasteiger partial charge on any atom is 0.353 e. The molecule has 1 aliphatic carbocycles. The minimum absolute atomic E-state index is 0.102. The zero-order valence-electron chi connectivity index (χ0n) is 20.6. The molecule has 0 radical (unpaired) electrons. The number of carboxylic acid groups (broad SMARTS) is 1. The number of aliphatic carboxylic acids is 1. The Morgan fingerprint density at radius 1 is 1.35 bits per heavy atom. The number of carbonyl (C=O) groups excluding carboxylic acids is 3. The van der Waals surface area contributed by atoms with Crippen molar-refractivity contribution in [1.82, 2.24) is 20.2 Å². The number of amides is 3. The molecule has 1 saturated heterocycles. The fourth-order valence-electron chi connectivity index (χ4n) is 4.08. The number of nitrogens with zero attached hydrogens (tertiary/aromatic N) is 4. The van der Waals surface area contributed by atoms with Gasteiger partial charge in [0.15, 0.2) is 10.8 Å². The van der Waals surface area contributed by atoms with Crippen LogP contribution in [0.4, 0.5) is 5.13 Å². The molecule has 1 fully saturated rings. The summed E-state index contributed by atoms with van der Waals surface area (Å²) in [7, 11) is 0. The normalized spacial score (nSPS) is 22.2. The van der Waals surface area contributed by atoms with Crippen molar-refractivity contribution in [3.63, 3.8) is 0 Å². The summed E-state index contributed by atoms with van der Waals surface area (Å²) in [6.45, 7) is 0. The highest BCUT2D eigenvalue weighted by atomic mass is 32.2. The van der Waals surface area contributed by atoms with E-state index in [1.54, 1.807) is 29.9 Å². The number of pyridine rings is 1. The molecule has 3 N–H and O–H groups in total. The van der Waals surface area contributed by atoms with Crippen LogP contribution in [0.5, 0.6) is 0 Å². The molecule has 2 unspecified atom stereocenters. The van der Waals surface area contributed by atoms with E-state index in [0.717, 1.165) is 23.3 Å². The number of hydrogen-bond acceptors (Lipinski definition) is 11. The van der Waals surface area contributed by atoms with Crippen molar-refractivity contribution >= 4 is 76.0 Å². The molecule has 206 valence electrons. The van der Waals surface area contributed by atoms with Gasteiger partial charge in [0.1, 0.15) is 28.9 Å². The number of β-lactam (4-membered cyclic amide) rings is 1. The van der Waals surface area contributed by atoms with Crippen molar-refractivity contribution in [2.75, 3.05) is 11.1 Å². The van der Waals surface area contributed by atoms with Crippen LogP contribution in [0.1, 0.15) is 24.1 Å². The third-order valence-electron chi connectivity index (χ3n) is 5.97. The van der Waals surface area contributed by atoms with Gasteiger partial charge in [0.2, 0.25) is 6.41 Å². The van der Waals surface area contributed by atoms with Crippen LogP contribution < -0.4 is 10.6 Å². The van der Waals surface area contributed by atoms with E-state index in [2.05, 4.69) is 25.8 Å². The van der Waals surface area contributed by atoms with Crippen LogP contribution in [-0.2, 0) is 24.0 Å². The molecule has 0 aromatic carbocycles. The molecule has 2 aromatic heterocycles. The molecule has 0 spiro atoms. The summed E-state index contributed by atoms with van der Waals surface area (Å²) < 4.78 is 0. The Kier molecular flexibility index (Phi) is 8.62. The van der Waals surface area contributed by atoms with Crippen LogP contribution >= 0.6 is 34.9 Å². The highest BCUT2D eigenvalue weighted by Gasteiger charge is 2.54. The van der Waals surface area contributed by atoms with Gasteiger partial charge in [0.25, 0.3) is 11.8 Å². The summed E-state index contributed by atoms with van der Waals surface area (Å²) in [6, 6.07) is 2.70. The maximum absolute atomic E-state index is 13.3. The maximum atomic E-state index is 13.3. The summed E-state index contributed by atoms with van der Waals surface area (Å²) in [5, 5.41) is 22.0. The van der Waals surface area contributed by atoms with Crippen LogP contribution in [0, 0.1) is 0 Å². The Balaban J connectivity index is 1.31. The van der Waals surface area contributed by atoms with Crippen molar-refractivity contribution in [1.29, 1.82) is 0 Å². The quantitative estimate of drug-likeness (QED) is 0.115. The van der Waals surface area contributed by atoms with E-state index in [1.807, 2.05) is 18.2 Å². The van der Waals surface area contributed by atoms with Crippen LogP contribution in [-0.4, -0.2) is 73.2 Å². The number of carbonyl (C=O) groups is 4. The topological polar surface area (TPSA) is 163 Å². The zero-order valence-corrected chi connectivity index (χ0v) is 23.1. The number of thioether (sulfide) groups is 2. The molecular formula is C25H22N6O6S3. The zero-order chi connectivity index (χ0) is 28.1. The average molecular weight is 599 g/mol. The number of nitrogens with one attached hydrogen (secondary N) is 2. The van der Waals surface area contributed by atoms with Gasteiger partial charge in [0.05, 0.1) is 0 Å². The van der Waals surface area contributed by atoms with Crippen molar-refractivity contribution in [2.45, 2.75) is 30.4 Å². The molecule has 15 heteroatoms. The largest absolute Gasteiger partial charge is 0.477 e. The Labute approximate surface area is 240 Å². The molecule has 0 bridgehead atoms. The van der Waals surface area contributed by atoms with Crippen molar-refractivity contribution in [2.24, 2.45) is 5.16 Å². The second kappa shape index (κ2) is 12.5. The van der Waals surface area contributed by atoms with E-state index >= 15 is 0 Å². The Bertz CT molecular complexity index is 1440. The Morgan fingerprint density at radius 3 is 2.95 bits per heavy atom. The van der Waals surface area contributed by atoms with E-state index in [-0.39, 0.29) is 28.3 Å². The molecule has 3 amide bonds. The lowest BCUT2D eigenvalue weighted by atomic mass is 10.0. The Morgan fingerprint density at radius 2 is 2.23 bits per heavy atom. The molecule has 5 rings (SSSR count). The van der Waals surface area contributed by atoms with Gasteiger partial charge < -0.3 is 20.6 Å². The van der Waals surface area contributed by atoms with E-state index in [0.29, 0.717) is 23.5 Å². The van der Waals surface area contributed by atoms with Gasteiger partial charge >= 0.3 is 5.97 Å². The third-order valence-corrected chi connectivity index (χ3v) is 9.10. The first-order chi connectivity index (χ1) is 19.5. The van der Waals surface area contributed by atoms with Crippen molar-refractivity contribution in [3.05, 3.63) is 69.3 Å². The number of anilines is 1. The number of aromatic nitrogens is 2. The third kappa shape index (κ3) is 5.95. The van der Waals surface area contributed by atoms with Crippen LogP contribution in [0.15, 0.2) is 63.2 Å². The molecule has 40 heavy (non-hydrogen) atoms. The van der Waals surface area contributed by atoms with Crippen LogP contribution in [0.3, 0.4) is 0 Å². The molecule has 2 aliphatic heterocycles. The second-order valence-corrected chi connectivity index (χ2v) is 11.5. The van der Waals surface area contributed by atoms with E-state index in [1.165, 1.54) is 33.8 Å². The number of oxime groups is 1. The molecule has 0 saturated carbocycles.